The molecule has 47 heavy (non-hydrogen) atoms. The van der Waals surface area contributed by atoms with Gasteiger partial charge in [0.2, 0.25) is 0 Å². The average Bonchev–Trinajstić information content (AvgIpc) is 3.49. The first-order valence-corrected chi connectivity index (χ1v) is 14.8. The van der Waals surface area contributed by atoms with E-state index < -0.39 is 13.7 Å². The summed E-state index contributed by atoms with van der Waals surface area (Å²) in [4.78, 5) is 8.66. The van der Waals surface area contributed by atoms with Crippen molar-refractivity contribution in [1.29, 1.82) is 5.26 Å². The molecule has 0 aliphatic carbocycles. The van der Waals surface area contributed by atoms with Gasteiger partial charge in [-0.25, -0.2) is 0 Å². The van der Waals surface area contributed by atoms with Crippen molar-refractivity contribution in [2.45, 2.75) is 40.9 Å². The molecule has 5 heteroatoms. The first kappa shape index (κ1) is 25.2. The molecule has 7 aromatic rings. The van der Waals surface area contributed by atoms with Gasteiger partial charge in [-0.1, -0.05) is 74.2 Å². The Morgan fingerprint density at radius 3 is 2.43 bits per heavy atom. The fourth-order valence-corrected chi connectivity index (χ4v) is 5.35. The number of benzene rings is 4. The Bertz CT molecular complexity index is 2430. The van der Waals surface area contributed by atoms with Gasteiger partial charge in [0.25, 0.3) is 0 Å². The summed E-state index contributed by atoms with van der Waals surface area (Å²) in [6.45, 7) is 0.858. The van der Waals surface area contributed by atoms with Gasteiger partial charge in [0.05, 0.1) is 18.6 Å². The Morgan fingerprint density at radius 1 is 0.851 bits per heavy atom. The van der Waals surface area contributed by atoms with Gasteiger partial charge in [0.1, 0.15) is 5.58 Å². The van der Waals surface area contributed by atoms with E-state index in [1.54, 1.807) is 42.6 Å². The van der Waals surface area contributed by atoms with Crippen LogP contribution in [0.25, 0.3) is 55.6 Å². The van der Waals surface area contributed by atoms with Crippen molar-refractivity contribution in [1.82, 2.24) is 9.97 Å². The molecule has 0 aliphatic rings. The second-order valence-electron chi connectivity index (χ2n) is 12.2. The molecule has 0 saturated carbocycles. The van der Waals surface area contributed by atoms with Gasteiger partial charge >= 0.3 is 0 Å². The maximum Gasteiger partial charge on any atom is 0.122 e. The van der Waals surface area contributed by atoms with Gasteiger partial charge in [0, 0.05) is 46.1 Å². The summed E-state index contributed by atoms with van der Waals surface area (Å²) in [6, 6.07) is 35.3. The van der Waals surface area contributed by atoms with Crippen LogP contribution >= 0.6 is 0 Å². The van der Waals surface area contributed by atoms with E-state index in [0.29, 0.717) is 40.0 Å². The van der Waals surface area contributed by atoms with E-state index in [0.717, 1.165) is 22.0 Å². The van der Waals surface area contributed by atoms with Crippen LogP contribution < -0.4 is 0 Å². The number of nitrogens with zero attached hydrogens (tertiary/aromatic N) is 3. The van der Waals surface area contributed by atoms with E-state index >= 15 is 0 Å². The van der Waals surface area contributed by atoms with Crippen LogP contribution in [0.3, 0.4) is 0 Å². The monoisotopic (exact) mass is 797 g/mol. The summed E-state index contributed by atoms with van der Waals surface area (Å²) >= 11 is 0. The quantitative estimate of drug-likeness (QED) is 0.166. The van der Waals surface area contributed by atoms with Crippen LogP contribution in [0, 0.1) is 42.6 Å². The van der Waals surface area contributed by atoms with E-state index in [1.807, 2.05) is 69.3 Å². The second-order valence-corrected chi connectivity index (χ2v) is 12.2. The minimum absolute atomic E-state index is 0. The Balaban J connectivity index is 0.000000365. The van der Waals surface area contributed by atoms with E-state index in [4.69, 9.17) is 14.0 Å². The second kappa shape index (κ2) is 14.3. The summed E-state index contributed by atoms with van der Waals surface area (Å²) in [5, 5.41) is 10.9. The zero-order valence-corrected chi connectivity index (χ0v) is 28.5. The minimum Gasteiger partial charge on any atom is -0.501 e. The number of hydrogen-bond acceptors (Lipinski definition) is 4. The van der Waals surface area contributed by atoms with Gasteiger partial charge in [-0.2, -0.15) is 5.26 Å². The molecule has 0 saturated heterocycles. The van der Waals surface area contributed by atoms with Crippen molar-refractivity contribution in [2.24, 2.45) is 5.41 Å². The molecule has 0 N–H and O–H groups in total. The largest absolute Gasteiger partial charge is 0.501 e. The number of furan rings is 1. The first-order valence-electron chi connectivity index (χ1n) is 18.3. The molecular weight excluding hydrogens is 755 g/mol. The van der Waals surface area contributed by atoms with Crippen molar-refractivity contribution >= 4 is 21.9 Å². The molecule has 0 amide bonds. The Labute approximate surface area is 300 Å². The van der Waals surface area contributed by atoms with Gasteiger partial charge in [-0.05, 0) is 82.9 Å². The molecule has 3 heterocycles. The predicted molar refractivity (Wildman–Crippen MR) is 187 cm³/mol. The van der Waals surface area contributed by atoms with E-state index in [1.165, 1.54) is 12.3 Å². The average molecular weight is 797 g/mol. The van der Waals surface area contributed by atoms with Crippen LogP contribution in [-0.4, -0.2) is 9.97 Å². The molecule has 0 unspecified atom stereocenters. The molecule has 0 spiro atoms. The molecule has 4 nitrogen and oxygen atoms in total. The molecule has 0 fully saturated rings. The van der Waals surface area contributed by atoms with Crippen molar-refractivity contribution in [3.8, 4) is 39.7 Å². The molecular formula is C42H35IrN3O-2. The SMILES string of the molecule is [2H]c1cc(CC(C)(C)C)cc(C([2H])([2H])[2H])c1-c1cc(-c2[c-]ccc3c2oc2cc(C#N)ccc23)ncc1C([2H])([2H])[2H].[Ir].[c-]1ccccc1-c1ccccn1. The smallest absolute Gasteiger partial charge is 0.122 e. The van der Waals surface area contributed by atoms with Crippen LogP contribution in [0.1, 0.15) is 52.6 Å². The molecule has 7 rings (SSSR count). The van der Waals surface area contributed by atoms with Crippen molar-refractivity contribution in [3.05, 3.63) is 144 Å². The van der Waals surface area contributed by atoms with Gasteiger partial charge < -0.3 is 14.4 Å². The zero-order chi connectivity index (χ0) is 38.1. The molecule has 1 radical (unpaired) electrons. The number of aromatic nitrogens is 2. The van der Waals surface area contributed by atoms with Crippen molar-refractivity contribution in [3.63, 3.8) is 0 Å². The maximum atomic E-state index is 9.30. The maximum absolute atomic E-state index is 9.30. The van der Waals surface area contributed by atoms with E-state index in [9.17, 15) is 5.26 Å². The van der Waals surface area contributed by atoms with Gasteiger partial charge in [-0.3, -0.25) is 0 Å². The summed E-state index contributed by atoms with van der Waals surface area (Å²) in [5.41, 5.74) is 4.61. The third-order valence-electron chi connectivity index (χ3n) is 7.38. The van der Waals surface area contributed by atoms with E-state index in [2.05, 4.69) is 28.2 Å². The number of rotatable bonds is 4. The molecule has 0 aliphatic heterocycles. The Hall–Kier alpha value is -4.88. The zero-order valence-electron chi connectivity index (χ0n) is 33.1. The normalized spacial score (nSPS) is 13.7. The summed E-state index contributed by atoms with van der Waals surface area (Å²) in [6.07, 6.45) is 3.55. The third kappa shape index (κ3) is 7.58. The Morgan fingerprint density at radius 2 is 1.70 bits per heavy atom. The molecule has 3 aromatic heterocycles. The molecule has 235 valence electrons. The minimum atomic E-state index is -2.62. The Kier molecular flexibility index (Phi) is 7.66. The van der Waals surface area contributed by atoms with Crippen molar-refractivity contribution < 1.29 is 34.1 Å². The molecule has 0 atom stereocenters. The number of pyridine rings is 2. The standard InChI is InChI=1S/C31H27N2O.C11H8N.Ir/c1-19-13-21(16-31(3,4)5)9-11-23(19)27-15-28(33-18-20(27)2)26-8-6-7-25-24-12-10-22(17-32)14-29(24)34-30(25)26;1-2-6-10(7-3-1)11-8-4-5-9-12-11;/h6-7,9-15,18H,16H2,1-5H3;1-6,8-9H;/q2*-1;/i1D3,2D3,11D;;. The van der Waals surface area contributed by atoms with Gasteiger partial charge in [-0.15, -0.1) is 54.1 Å². The van der Waals surface area contributed by atoms with Gasteiger partial charge in [0.15, 0.2) is 0 Å². The predicted octanol–water partition coefficient (Wildman–Crippen LogP) is 10.7. The topological polar surface area (TPSA) is 62.7 Å². The van der Waals surface area contributed by atoms with E-state index in [-0.39, 0.29) is 53.8 Å². The summed E-state index contributed by atoms with van der Waals surface area (Å²) in [7, 11) is 0. The van der Waals surface area contributed by atoms with Crippen LogP contribution in [0.4, 0.5) is 0 Å². The number of nitriles is 1. The number of aryl methyl sites for hydroxylation is 2. The summed E-state index contributed by atoms with van der Waals surface area (Å²) < 4.78 is 64.4. The first-order chi connectivity index (χ1) is 25.0. The summed E-state index contributed by atoms with van der Waals surface area (Å²) in [5.74, 6) is 0. The number of fused-ring (bicyclic) bond motifs is 3. The number of hydrogen-bond donors (Lipinski definition) is 0. The third-order valence-corrected chi connectivity index (χ3v) is 7.38. The van der Waals surface area contributed by atoms with Crippen molar-refractivity contribution in [2.75, 3.05) is 0 Å². The van der Waals surface area contributed by atoms with Crippen LogP contribution in [0.5, 0.6) is 0 Å². The van der Waals surface area contributed by atoms with Crippen LogP contribution in [0.2, 0.25) is 0 Å². The van der Waals surface area contributed by atoms with Crippen LogP contribution in [0.15, 0.2) is 114 Å². The fraction of sp³-hybridized carbons (Fsp3) is 0.167. The fourth-order valence-electron chi connectivity index (χ4n) is 5.35. The molecule has 4 aromatic carbocycles. The molecule has 0 bridgehead atoms. The van der Waals surface area contributed by atoms with Crippen LogP contribution in [-0.2, 0) is 26.5 Å².